The molecule has 170 valence electrons. The van der Waals surface area contributed by atoms with Crippen LogP contribution in [0, 0.1) is 11.8 Å². The summed E-state index contributed by atoms with van der Waals surface area (Å²) in [5.74, 6) is -2.60. The van der Waals surface area contributed by atoms with Crippen LogP contribution in [0.4, 0.5) is 0 Å². The maximum atomic E-state index is 12.5. The number of carbonyl (C=O) groups is 4. The normalized spacial score (nSPS) is 18.1. The van der Waals surface area contributed by atoms with Crippen molar-refractivity contribution in [2.24, 2.45) is 11.8 Å². The Morgan fingerprint density at radius 3 is 2.16 bits per heavy atom. The highest BCUT2D eigenvalue weighted by molar-refractivity contribution is 6.00. The van der Waals surface area contributed by atoms with Crippen LogP contribution in [-0.4, -0.2) is 67.2 Å². The fraction of sp³-hybridized carbons (Fsp3) is 0.524. The summed E-state index contributed by atoms with van der Waals surface area (Å²) in [7, 11) is 1.91. The second-order valence-corrected chi connectivity index (χ2v) is 7.44. The average molecular weight is 436 g/mol. The van der Waals surface area contributed by atoms with Crippen LogP contribution in [0.25, 0.3) is 0 Å². The van der Waals surface area contributed by atoms with Crippen molar-refractivity contribution in [1.29, 1.82) is 0 Å². The summed E-state index contributed by atoms with van der Waals surface area (Å²) in [6, 6.07) is 4.01. The first-order chi connectivity index (χ1) is 14.8. The molecule has 0 aliphatic heterocycles. The van der Waals surface area contributed by atoms with E-state index >= 15 is 0 Å². The van der Waals surface area contributed by atoms with E-state index in [-0.39, 0.29) is 41.2 Å². The zero-order valence-corrected chi connectivity index (χ0v) is 17.4. The number of rotatable bonds is 12. The van der Waals surface area contributed by atoms with Crippen LogP contribution in [0.15, 0.2) is 18.2 Å². The molecule has 0 saturated heterocycles. The maximum absolute atomic E-state index is 12.5. The highest BCUT2D eigenvalue weighted by atomic mass is 16.5. The third kappa shape index (κ3) is 7.89. The number of ketones is 1. The van der Waals surface area contributed by atoms with Gasteiger partial charge in [-0.3, -0.25) is 9.59 Å². The number of amides is 1. The molecule has 1 saturated carbocycles. The van der Waals surface area contributed by atoms with Crippen LogP contribution < -0.4 is 20.1 Å². The Labute approximate surface area is 179 Å². The summed E-state index contributed by atoms with van der Waals surface area (Å²) in [5, 5.41) is 23.4. The Kier molecular flexibility index (Phi) is 9.26. The molecule has 2 rings (SSSR count). The van der Waals surface area contributed by atoms with Crippen molar-refractivity contribution < 1.29 is 38.9 Å². The minimum atomic E-state index is -1.24. The molecule has 1 fully saturated rings. The van der Waals surface area contributed by atoms with E-state index in [0.29, 0.717) is 5.92 Å². The predicted molar refractivity (Wildman–Crippen MR) is 109 cm³/mol. The Bertz CT molecular complexity index is 803. The monoisotopic (exact) mass is 436 g/mol. The Morgan fingerprint density at radius 1 is 0.968 bits per heavy atom. The molecule has 1 aliphatic carbocycles. The van der Waals surface area contributed by atoms with E-state index in [9.17, 15) is 19.2 Å². The summed E-state index contributed by atoms with van der Waals surface area (Å²) >= 11 is 0. The lowest BCUT2D eigenvalue weighted by Crippen LogP contribution is -2.37. The van der Waals surface area contributed by atoms with Crippen LogP contribution in [0.5, 0.6) is 11.5 Å². The van der Waals surface area contributed by atoms with Gasteiger partial charge in [-0.15, -0.1) is 0 Å². The number of ether oxygens (including phenoxy) is 2. The van der Waals surface area contributed by atoms with Gasteiger partial charge >= 0.3 is 11.9 Å². The van der Waals surface area contributed by atoms with Gasteiger partial charge in [0.15, 0.2) is 30.5 Å². The van der Waals surface area contributed by atoms with Gasteiger partial charge in [0.25, 0.3) is 0 Å². The van der Waals surface area contributed by atoms with E-state index in [4.69, 9.17) is 19.7 Å². The lowest BCUT2D eigenvalue weighted by Gasteiger charge is -2.27. The molecular formula is C21H28N2O8. The van der Waals surface area contributed by atoms with Crippen LogP contribution in [-0.2, 0) is 14.4 Å². The largest absolute Gasteiger partial charge is 0.479 e. The number of carboxylic acids is 2. The highest BCUT2D eigenvalue weighted by Gasteiger charge is 2.26. The molecule has 0 heterocycles. The Morgan fingerprint density at radius 2 is 1.58 bits per heavy atom. The highest BCUT2D eigenvalue weighted by Crippen LogP contribution is 2.30. The van der Waals surface area contributed by atoms with Crippen LogP contribution in [0.3, 0.4) is 0 Å². The molecule has 0 atom stereocenters. The van der Waals surface area contributed by atoms with E-state index in [1.165, 1.54) is 18.2 Å². The topological polar surface area (TPSA) is 151 Å². The van der Waals surface area contributed by atoms with Crippen molar-refractivity contribution in [3.8, 4) is 11.5 Å². The first kappa shape index (κ1) is 24.1. The van der Waals surface area contributed by atoms with E-state index in [1.54, 1.807) is 0 Å². The number of carbonyl (C=O) groups excluding carboxylic acids is 2. The van der Waals surface area contributed by atoms with Gasteiger partial charge < -0.3 is 30.3 Å². The fourth-order valence-electron chi connectivity index (χ4n) is 3.52. The van der Waals surface area contributed by atoms with Gasteiger partial charge in [0.1, 0.15) is 0 Å². The molecule has 0 aromatic heterocycles. The van der Waals surface area contributed by atoms with Crippen LogP contribution in [0.2, 0.25) is 0 Å². The molecule has 4 N–H and O–H groups in total. The molecule has 31 heavy (non-hydrogen) atoms. The minimum absolute atomic E-state index is 0.00237. The van der Waals surface area contributed by atoms with Gasteiger partial charge in [0.05, 0.1) is 6.54 Å². The van der Waals surface area contributed by atoms with Crippen molar-refractivity contribution in [3.63, 3.8) is 0 Å². The minimum Gasteiger partial charge on any atom is -0.479 e. The van der Waals surface area contributed by atoms with Crippen LogP contribution in [0.1, 0.15) is 36.0 Å². The second kappa shape index (κ2) is 11.9. The lowest BCUT2D eigenvalue weighted by atomic mass is 9.81. The number of nitrogens with one attached hydrogen (secondary N) is 2. The average Bonchev–Trinajstić information content (AvgIpc) is 2.75. The SMILES string of the molecule is CNCC1CCC(C(=O)NCC(=O)c2ccc(OCC(=O)O)c(OCC(=O)O)c2)CC1. The second-order valence-electron chi connectivity index (χ2n) is 7.44. The van der Waals surface area contributed by atoms with E-state index in [1.807, 2.05) is 7.05 Å². The standard InChI is InChI=1S/C21H28N2O8/c1-22-9-13-2-4-14(5-3-13)21(29)23-10-16(24)15-6-7-17(30-11-19(25)26)18(8-15)31-12-20(27)28/h6-8,13-14,22H,2-5,9-12H2,1H3,(H,23,29)(H,25,26)(H,27,28). The molecular weight excluding hydrogens is 408 g/mol. The molecule has 0 unspecified atom stereocenters. The molecule has 1 amide bonds. The third-order valence-electron chi connectivity index (χ3n) is 5.10. The van der Waals surface area contributed by atoms with Crippen molar-refractivity contribution >= 4 is 23.6 Å². The van der Waals surface area contributed by atoms with Gasteiger partial charge in [-0.05, 0) is 63.4 Å². The van der Waals surface area contributed by atoms with E-state index in [0.717, 1.165) is 32.2 Å². The number of hydrogen-bond acceptors (Lipinski definition) is 7. The van der Waals surface area contributed by atoms with Gasteiger partial charge in [0.2, 0.25) is 5.91 Å². The van der Waals surface area contributed by atoms with E-state index < -0.39 is 25.2 Å². The van der Waals surface area contributed by atoms with Crippen molar-refractivity contribution in [1.82, 2.24) is 10.6 Å². The summed E-state index contributed by atoms with van der Waals surface area (Å²) in [6.07, 6.45) is 3.51. The van der Waals surface area contributed by atoms with Gasteiger partial charge in [-0.1, -0.05) is 0 Å². The lowest BCUT2D eigenvalue weighted by molar-refractivity contribution is -0.140. The summed E-state index contributed by atoms with van der Waals surface area (Å²) in [5.41, 5.74) is 0.182. The molecule has 10 nitrogen and oxygen atoms in total. The van der Waals surface area contributed by atoms with Crippen molar-refractivity contribution in [3.05, 3.63) is 23.8 Å². The van der Waals surface area contributed by atoms with Gasteiger partial charge in [0, 0.05) is 11.5 Å². The number of hydrogen-bond donors (Lipinski definition) is 4. The fourth-order valence-corrected chi connectivity index (χ4v) is 3.52. The third-order valence-corrected chi connectivity index (χ3v) is 5.10. The maximum Gasteiger partial charge on any atom is 0.341 e. The first-order valence-corrected chi connectivity index (χ1v) is 10.1. The number of Topliss-reactive ketones (excluding diaryl/α,β-unsaturated/α-hetero) is 1. The molecule has 10 heteroatoms. The smallest absolute Gasteiger partial charge is 0.341 e. The molecule has 0 spiro atoms. The molecule has 1 aromatic carbocycles. The van der Waals surface area contributed by atoms with E-state index in [2.05, 4.69) is 10.6 Å². The predicted octanol–water partition coefficient (Wildman–Crippen LogP) is 0.938. The number of carboxylic acid groups (broad SMARTS) is 2. The zero-order chi connectivity index (χ0) is 22.8. The van der Waals surface area contributed by atoms with Crippen LogP contribution >= 0.6 is 0 Å². The molecule has 0 bridgehead atoms. The Balaban J connectivity index is 1.95. The van der Waals surface area contributed by atoms with Gasteiger partial charge in [-0.2, -0.15) is 0 Å². The van der Waals surface area contributed by atoms with Crippen molar-refractivity contribution in [2.45, 2.75) is 25.7 Å². The number of benzene rings is 1. The summed E-state index contributed by atoms with van der Waals surface area (Å²) in [4.78, 5) is 46.4. The summed E-state index contributed by atoms with van der Waals surface area (Å²) < 4.78 is 10.2. The quantitative estimate of drug-likeness (QED) is 0.351. The molecule has 1 aromatic rings. The zero-order valence-electron chi connectivity index (χ0n) is 17.4. The number of aliphatic carboxylic acids is 2. The van der Waals surface area contributed by atoms with Crippen molar-refractivity contribution in [2.75, 3.05) is 33.4 Å². The molecule has 0 radical (unpaired) electrons. The Hall–Kier alpha value is -3.14. The summed E-state index contributed by atoms with van der Waals surface area (Å²) in [6.45, 7) is -0.606. The first-order valence-electron chi connectivity index (χ1n) is 10.1. The van der Waals surface area contributed by atoms with Gasteiger partial charge in [-0.25, -0.2) is 9.59 Å². The molecule has 1 aliphatic rings.